The topological polar surface area (TPSA) is 54.6 Å². The van der Waals surface area contributed by atoms with Gasteiger partial charge < -0.3 is 14.2 Å². The number of nitrogens with zero attached hydrogens (tertiary/aromatic N) is 4. The van der Waals surface area contributed by atoms with Crippen LogP contribution < -0.4 is 9.64 Å². The molecule has 0 amide bonds. The van der Waals surface area contributed by atoms with Crippen molar-refractivity contribution in [1.29, 1.82) is 0 Å². The van der Waals surface area contributed by atoms with E-state index in [0.29, 0.717) is 24.9 Å². The number of para-hydroxylation sites is 2. The number of halogens is 1. The van der Waals surface area contributed by atoms with Gasteiger partial charge in [-0.2, -0.15) is 4.98 Å². The third kappa shape index (κ3) is 4.36. The molecule has 0 N–H and O–H groups in total. The SMILES string of the molecule is CCOc1ccccc1N1CCN(Cc2nc(-c3cccc(Br)c3)no2)CC1. The number of rotatable bonds is 6. The summed E-state index contributed by atoms with van der Waals surface area (Å²) in [5.74, 6) is 2.23. The zero-order chi connectivity index (χ0) is 19.3. The molecule has 1 aromatic heterocycles. The molecule has 2 aromatic carbocycles. The van der Waals surface area contributed by atoms with Crippen molar-refractivity contribution in [3.05, 3.63) is 58.9 Å². The summed E-state index contributed by atoms with van der Waals surface area (Å²) in [6, 6.07) is 16.2. The maximum atomic E-state index is 5.77. The molecule has 0 unspecified atom stereocenters. The molecule has 1 aliphatic rings. The zero-order valence-corrected chi connectivity index (χ0v) is 17.4. The normalized spacial score (nSPS) is 15.0. The van der Waals surface area contributed by atoms with Crippen LogP contribution in [0.5, 0.6) is 5.75 Å². The van der Waals surface area contributed by atoms with Gasteiger partial charge in [-0.15, -0.1) is 0 Å². The number of hydrogen-bond acceptors (Lipinski definition) is 6. The van der Waals surface area contributed by atoms with Crippen LogP contribution in [0.2, 0.25) is 0 Å². The minimum absolute atomic E-state index is 0.626. The van der Waals surface area contributed by atoms with E-state index in [0.717, 1.165) is 42.0 Å². The van der Waals surface area contributed by atoms with Gasteiger partial charge in [0.15, 0.2) is 0 Å². The van der Waals surface area contributed by atoms with Crippen molar-refractivity contribution in [1.82, 2.24) is 15.0 Å². The van der Waals surface area contributed by atoms with Crippen LogP contribution in [-0.4, -0.2) is 47.8 Å². The largest absolute Gasteiger partial charge is 0.492 e. The van der Waals surface area contributed by atoms with Gasteiger partial charge >= 0.3 is 0 Å². The Morgan fingerprint density at radius 3 is 2.68 bits per heavy atom. The molecule has 0 aliphatic carbocycles. The molecule has 7 heteroatoms. The fraction of sp³-hybridized carbons (Fsp3) is 0.333. The Morgan fingerprint density at radius 1 is 1.07 bits per heavy atom. The highest BCUT2D eigenvalue weighted by atomic mass is 79.9. The zero-order valence-electron chi connectivity index (χ0n) is 15.8. The van der Waals surface area contributed by atoms with Crippen LogP contribution in [0, 0.1) is 0 Å². The third-order valence-corrected chi connectivity index (χ3v) is 5.28. The quantitative estimate of drug-likeness (QED) is 0.569. The number of piperazine rings is 1. The molecule has 1 saturated heterocycles. The second-order valence-corrected chi connectivity index (χ2v) is 7.60. The predicted molar refractivity (Wildman–Crippen MR) is 113 cm³/mol. The number of ether oxygens (including phenoxy) is 1. The van der Waals surface area contributed by atoms with Crippen LogP contribution >= 0.6 is 15.9 Å². The molecular weight excluding hydrogens is 420 g/mol. The summed E-state index contributed by atoms with van der Waals surface area (Å²) in [6.07, 6.45) is 0. The van der Waals surface area contributed by atoms with Crippen LogP contribution in [0.3, 0.4) is 0 Å². The van der Waals surface area contributed by atoms with E-state index in [1.165, 1.54) is 5.69 Å². The second-order valence-electron chi connectivity index (χ2n) is 6.69. The summed E-state index contributed by atoms with van der Waals surface area (Å²) in [7, 11) is 0. The fourth-order valence-electron chi connectivity index (χ4n) is 3.40. The van der Waals surface area contributed by atoms with Crippen molar-refractivity contribution in [2.24, 2.45) is 0 Å². The Labute approximate surface area is 173 Å². The molecule has 0 spiro atoms. The van der Waals surface area contributed by atoms with Crippen molar-refractivity contribution in [3.63, 3.8) is 0 Å². The van der Waals surface area contributed by atoms with E-state index in [4.69, 9.17) is 9.26 Å². The lowest BCUT2D eigenvalue weighted by atomic mass is 10.2. The molecule has 3 aromatic rings. The highest BCUT2D eigenvalue weighted by Gasteiger charge is 2.21. The molecule has 4 rings (SSSR count). The Kier molecular flexibility index (Phi) is 5.92. The lowest BCUT2D eigenvalue weighted by molar-refractivity contribution is 0.215. The van der Waals surface area contributed by atoms with Gasteiger partial charge in [-0.25, -0.2) is 0 Å². The molecule has 0 atom stereocenters. The van der Waals surface area contributed by atoms with E-state index in [1.54, 1.807) is 0 Å². The average Bonchev–Trinajstić information content (AvgIpc) is 3.18. The fourth-order valence-corrected chi connectivity index (χ4v) is 3.80. The summed E-state index contributed by atoms with van der Waals surface area (Å²) in [5.41, 5.74) is 2.11. The molecule has 6 nitrogen and oxygen atoms in total. The molecule has 28 heavy (non-hydrogen) atoms. The summed E-state index contributed by atoms with van der Waals surface area (Å²) in [4.78, 5) is 9.28. The minimum Gasteiger partial charge on any atom is -0.492 e. The van der Waals surface area contributed by atoms with Crippen LogP contribution in [0.25, 0.3) is 11.4 Å². The van der Waals surface area contributed by atoms with Gasteiger partial charge in [-0.1, -0.05) is 45.4 Å². The summed E-state index contributed by atoms with van der Waals surface area (Å²) < 4.78 is 12.2. The van der Waals surface area contributed by atoms with Gasteiger partial charge in [-0.3, -0.25) is 4.90 Å². The van der Waals surface area contributed by atoms with Gasteiger partial charge in [0.1, 0.15) is 5.75 Å². The maximum absolute atomic E-state index is 5.77. The second kappa shape index (κ2) is 8.75. The monoisotopic (exact) mass is 442 g/mol. The van der Waals surface area contributed by atoms with Crippen molar-refractivity contribution in [3.8, 4) is 17.1 Å². The number of anilines is 1. The van der Waals surface area contributed by atoms with Crippen LogP contribution in [0.15, 0.2) is 57.5 Å². The first-order chi connectivity index (χ1) is 13.7. The van der Waals surface area contributed by atoms with Crippen LogP contribution in [0.1, 0.15) is 12.8 Å². The predicted octanol–water partition coefficient (Wildman–Crippen LogP) is 4.22. The summed E-state index contributed by atoms with van der Waals surface area (Å²) in [6.45, 7) is 7.12. The molecule has 0 saturated carbocycles. The average molecular weight is 443 g/mol. The Bertz CT molecular complexity index is 922. The first-order valence-corrected chi connectivity index (χ1v) is 10.3. The van der Waals surface area contributed by atoms with Crippen molar-refractivity contribution >= 4 is 21.6 Å². The molecule has 2 heterocycles. The Morgan fingerprint density at radius 2 is 1.89 bits per heavy atom. The van der Waals surface area contributed by atoms with E-state index >= 15 is 0 Å². The van der Waals surface area contributed by atoms with Crippen LogP contribution in [-0.2, 0) is 6.54 Å². The van der Waals surface area contributed by atoms with Gasteiger partial charge in [0, 0.05) is 36.2 Å². The third-order valence-electron chi connectivity index (χ3n) is 4.79. The summed E-state index contributed by atoms with van der Waals surface area (Å²) in [5, 5.41) is 4.13. The van der Waals surface area contributed by atoms with E-state index < -0.39 is 0 Å². The van der Waals surface area contributed by atoms with Crippen molar-refractivity contribution < 1.29 is 9.26 Å². The Balaban J connectivity index is 1.36. The highest BCUT2D eigenvalue weighted by molar-refractivity contribution is 9.10. The van der Waals surface area contributed by atoms with Gasteiger partial charge in [0.05, 0.1) is 18.8 Å². The van der Waals surface area contributed by atoms with E-state index in [2.05, 4.69) is 48.0 Å². The number of benzene rings is 2. The molecule has 1 fully saturated rings. The lowest BCUT2D eigenvalue weighted by Crippen LogP contribution is -2.46. The van der Waals surface area contributed by atoms with Crippen molar-refractivity contribution in [2.75, 3.05) is 37.7 Å². The number of hydrogen-bond donors (Lipinski definition) is 0. The smallest absolute Gasteiger partial charge is 0.241 e. The molecular formula is C21H23BrN4O2. The van der Waals surface area contributed by atoms with E-state index in [-0.39, 0.29) is 0 Å². The Hall–Kier alpha value is -2.38. The van der Waals surface area contributed by atoms with Crippen LogP contribution in [0.4, 0.5) is 5.69 Å². The summed E-state index contributed by atoms with van der Waals surface area (Å²) >= 11 is 3.48. The first kappa shape index (κ1) is 19.0. The maximum Gasteiger partial charge on any atom is 0.241 e. The molecule has 1 aliphatic heterocycles. The van der Waals surface area contributed by atoms with E-state index in [9.17, 15) is 0 Å². The minimum atomic E-state index is 0.626. The molecule has 0 radical (unpaired) electrons. The highest BCUT2D eigenvalue weighted by Crippen LogP contribution is 2.29. The van der Waals surface area contributed by atoms with Gasteiger partial charge in [0.2, 0.25) is 11.7 Å². The number of aromatic nitrogens is 2. The lowest BCUT2D eigenvalue weighted by Gasteiger charge is -2.36. The molecule has 0 bridgehead atoms. The van der Waals surface area contributed by atoms with Gasteiger partial charge in [-0.05, 0) is 31.2 Å². The first-order valence-electron chi connectivity index (χ1n) is 9.50. The van der Waals surface area contributed by atoms with Gasteiger partial charge in [0.25, 0.3) is 0 Å². The van der Waals surface area contributed by atoms with Crippen molar-refractivity contribution in [2.45, 2.75) is 13.5 Å². The molecule has 146 valence electrons. The van der Waals surface area contributed by atoms with E-state index in [1.807, 2.05) is 43.3 Å². The standard InChI is InChI=1S/C21H23BrN4O2/c1-2-27-19-9-4-3-8-18(19)26-12-10-25(11-13-26)15-20-23-21(24-28-20)16-6-5-7-17(22)14-16/h3-9,14H,2,10-13,15H2,1H3.